The lowest BCUT2D eigenvalue weighted by atomic mass is 9.98. The van der Waals surface area contributed by atoms with Crippen molar-refractivity contribution in [1.82, 2.24) is 10.2 Å². The minimum Gasteiger partial charge on any atom is -0.481 e. The summed E-state index contributed by atoms with van der Waals surface area (Å²) in [5, 5.41) is 12.0. The van der Waals surface area contributed by atoms with Gasteiger partial charge in [0.25, 0.3) is 0 Å². The molecule has 4 rings (SSSR count). The molecule has 2 amide bonds. The number of aliphatic carboxylic acids is 1. The number of nitrogens with zero attached hydrogens (tertiary/aromatic N) is 1. The SMILES string of the molecule is CCC(C)CC(NC(=O)OCC1c2ccccc2-c2ccccc21)C(=O)N1CCC[C@@H]1CC(=O)O. The Balaban J connectivity index is 1.44. The molecule has 1 saturated heterocycles. The lowest BCUT2D eigenvalue weighted by Crippen LogP contribution is -2.51. The molecule has 2 aliphatic rings. The van der Waals surface area contributed by atoms with Crippen molar-refractivity contribution >= 4 is 18.0 Å². The van der Waals surface area contributed by atoms with Crippen molar-refractivity contribution in [2.24, 2.45) is 5.92 Å². The number of carbonyl (C=O) groups is 3. The van der Waals surface area contributed by atoms with Crippen LogP contribution >= 0.6 is 0 Å². The summed E-state index contributed by atoms with van der Waals surface area (Å²) in [5.41, 5.74) is 4.56. The van der Waals surface area contributed by atoms with Crippen LogP contribution in [0.3, 0.4) is 0 Å². The predicted molar refractivity (Wildman–Crippen MR) is 133 cm³/mol. The second-order valence-electron chi connectivity index (χ2n) is 9.70. The molecule has 186 valence electrons. The van der Waals surface area contributed by atoms with E-state index in [-0.39, 0.29) is 36.8 Å². The zero-order valence-electron chi connectivity index (χ0n) is 20.4. The molecule has 2 aromatic carbocycles. The molecule has 0 saturated carbocycles. The van der Waals surface area contributed by atoms with Gasteiger partial charge in [-0.2, -0.15) is 0 Å². The molecule has 35 heavy (non-hydrogen) atoms. The first kappa shape index (κ1) is 24.8. The van der Waals surface area contributed by atoms with Crippen LogP contribution in [0.15, 0.2) is 48.5 Å². The van der Waals surface area contributed by atoms with Gasteiger partial charge >= 0.3 is 12.1 Å². The van der Waals surface area contributed by atoms with E-state index in [1.807, 2.05) is 38.1 Å². The standard InChI is InChI=1S/C28H34N2O5/c1-3-18(2)15-25(27(33)30-14-8-9-19(30)16-26(31)32)29-28(34)35-17-24-22-12-6-4-10-20(22)21-11-5-7-13-23(21)24/h4-7,10-13,18-19,24-25H,3,8-9,14-17H2,1-2H3,(H,29,34)(H,31,32)/t18?,19-,25?/m1/s1. The highest BCUT2D eigenvalue weighted by Crippen LogP contribution is 2.44. The van der Waals surface area contributed by atoms with Crippen molar-refractivity contribution < 1.29 is 24.2 Å². The van der Waals surface area contributed by atoms with Crippen molar-refractivity contribution in [3.63, 3.8) is 0 Å². The number of carbonyl (C=O) groups excluding carboxylic acids is 2. The summed E-state index contributed by atoms with van der Waals surface area (Å²) in [6, 6.07) is 15.2. The summed E-state index contributed by atoms with van der Waals surface area (Å²) < 4.78 is 5.67. The van der Waals surface area contributed by atoms with Crippen molar-refractivity contribution in [3.8, 4) is 11.1 Å². The second-order valence-corrected chi connectivity index (χ2v) is 9.70. The molecule has 3 atom stereocenters. The van der Waals surface area contributed by atoms with E-state index < -0.39 is 18.1 Å². The first-order valence-corrected chi connectivity index (χ1v) is 12.5. The van der Waals surface area contributed by atoms with Crippen LogP contribution in [0.25, 0.3) is 11.1 Å². The van der Waals surface area contributed by atoms with Gasteiger partial charge in [0, 0.05) is 18.5 Å². The molecule has 2 aromatic rings. The average Bonchev–Trinajstić information content (AvgIpc) is 3.43. The molecule has 1 aliphatic heterocycles. The molecular formula is C28H34N2O5. The molecule has 1 aliphatic carbocycles. The summed E-state index contributed by atoms with van der Waals surface area (Å²) in [7, 11) is 0. The Labute approximate surface area is 206 Å². The molecule has 2 N–H and O–H groups in total. The third-order valence-electron chi connectivity index (χ3n) is 7.34. The summed E-state index contributed by atoms with van der Waals surface area (Å²) >= 11 is 0. The Morgan fingerprint density at radius 2 is 1.71 bits per heavy atom. The Bertz CT molecular complexity index is 1040. The van der Waals surface area contributed by atoms with Crippen molar-refractivity contribution in [2.75, 3.05) is 13.2 Å². The van der Waals surface area contributed by atoms with E-state index in [2.05, 4.69) is 29.6 Å². The Kier molecular flexibility index (Phi) is 7.73. The zero-order chi connectivity index (χ0) is 24.9. The van der Waals surface area contributed by atoms with Crippen LogP contribution < -0.4 is 5.32 Å². The van der Waals surface area contributed by atoms with Gasteiger partial charge in [0.05, 0.1) is 6.42 Å². The van der Waals surface area contributed by atoms with Crippen LogP contribution in [-0.4, -0.2) is 53.2 Å². The smallest absolute Gasteiger partial charge is 0.407 e. The third-order valence-corrected chi connectivity index (χ3v) is 7.34. The van der Waals surface area contributed by atoms with E-state index in [1.165, 1.54) is 0 Å². The number of nitrogens with one attached hydrogen (secondary N) is 1. The predicted octanol–water partition coefficient (Wildman–Crippen LogP) is 4.80. The highest BCUT2D eigenvalue weighted by Gasteiger charge is 2.36. The number of likely N-dealkylation sites (tertiary alicyclic amines) is 1. The van der Waals surface area contributed by atoms with Crippen LogP contribution in [0.2, 0.25) is 0 Å². The van der Waals surface area contributed by atoms with Gasteiger partial charge in [0.15, 0.2) is 0 Å². The number of amides is 2. The van der Waals surface area contributed by atoms with Gasteiger partial charge in [0.1, 0.15) is 12.6 Å². The lowest BCUT2D eigenvalue weighted by Gasteiger charge is -2.29. The summed E-state index contributed by atoms with van der Waals surface area (Å²) in [5.74, 6) is -0.978. The van der Waals surface area contributed by atoms with Crippen molar-refractivity contribution in [1.29, 1.82) is 0 Å². The van der Waals surface area contributed by atoms with Crippen molar-refractivity contribution in [3.05, 3.63) is 59.7 Å². The van der Waals surface area contributed by atoms with Gasteiger partial charge in [-0.1, -0.05) is 68.8 Å². The second kappa shape index (κ2) is 10.9. The van der Waals surface area contributed by atoms with Crippen LogP contribution in [0.5, 0.6) is 0 Å². The number of hydrogen-bond acceptors (Lipinski definition) is 4. The summed E-state index contributed by atoms with van der Waals surface area (Å²) in [6.07, 6.45) is 2.09. The molecule has 0 spiro atoms. The Hall–Kier alpha value is -3.35. The highest BCUT2D eigenvalue weighted by atomic mass is 16.5. The van der Waals surface area contributed by atoms with Gasteiger partial charge in [-0.25, -0.2) is 4.79 Å². The molecule has 1 fully saturated rings. The molecular weight excluding hydrogens is 444 g/mol. The maximum absolute atomic E-state index is 13.4. The minimum atomic E-state index is -0.919. The Morgan fingerprint density at radius 1 is 1.09 bits per heavy atom. The average molecular weight is 479 g/mol. The van der Waals surface area contributed by atoms with E-state index in [1.54, 1.807) is 4.90 Å². The van der Waals surface area contributed by atoms with Crippen LogP contribution in [0.1, 0.15) is 63.0 Å². The topological polar surface area (TPSA) is 95.9 Å². The monoisotopic (exact) mass is 478 g/mol. The van der Waals surface area contributed by atoms with Gasteiger partial charge in [-0.3, -0.25) is 9.59 Å². The molecule has 1 heterocycles. The van der Waals surface area contributed by atoms with Gasteiger partial charge < -0.3 is 20.1 Å². The number of benzene rings is 2. The van der Waals surface area contributed by atoms with Crippen LogP contribution in [0.4, 0.5) is 4.79 Å². The fourth-order valence-corrected chi connectivity index (χ4v) is 5.31. The third kappa shape index (κ3) is 5.50. The molecule has 0 bridgehead atoms. The number of hydrogen-bond donors (Lipinski definition) is 2. The number of rotatable bonds is 9. The lowest BCUT2D eigenvalue weighted by molar-refractivity contribution is -0.140. The summed E-state index contributed by atoms with van der Waals surface area (Å²) in [4.78, 5) is 39.1. The fourth-order valence-electron chi connectivity index (χ4n) is 5.31. The quantitative estimate of drug-likeness (QED) is 0.540. The minimum absolute atomic E-state index is 0.0598. The van der Waals surface area contributed by atoms with Gasteiger partial charge in [-0.05, 0) is 47.4 Å². The Morgan fingerprint density at radius 3 is 2.31 bits per heavy atom. The van der Waals surface area contributed by atoms with E-state index in [4.69, 9.17) is 4.74 Å². The molecule has 7 nitrogen and oxygen atoms in total. The number of carboxylic acids is 1. The first-order valence-electron chi connectivity index (χ1n) is 12.5. The fraction of sp³-hybridized carbons (Fsp3) is 0.464. The number of ether oxygens (including phenoxy) is 1. The maximum atomic E-state index is 13.4. The largest absolute Gasteiger partial charge is 0.481 e. The van der Waals surface area contributed by atoms with E-state index >= 15 is 0 Å². The van der Waals surface area contributed by atoms with Gasteiger partial charge in [-0.15, -0.1) is 0 Å². The van der Waals surface area contributed by atoms with Gasteiger partial charge in [0.2, 0.25) is 5.91 Å². The molecule has 0 radical (unpaired) electrons. The first-order chi connectivity index (χ1) is 16.9. The van der Waals surface area contributed by atoms with E-state index in [9.17, 15) is 19.5 Å². The maximum Gasteiger partial charge on any atom is 0.407 e. The van der Waals surface area contributed by atoms with Crippen molar-refractivity contribution in [2.45, 2.75) is 64.0 Å². The zero-order valence-corrected chi connectivity index (χ0v) is 20.4. The molecule has 0 aromatic heterocycles. The highest BCUT2D eigenvalue weighted by molar-refractivity contribution is 5.86. The molecule has 2 unspecified atom stereocenters. The number of fused-ring (bicyclic) bond motifs is 3. The number of carboxylic acid groups (broad SMARTS) is 1. The normalized spacial score (nSPS) is 18.5. The number of alkyl carbamates (subject to hydrolysis) is 1. The summed E-state index contributed by atoms with van der Waals surface area (Å²) in [6.45, 7) is 4.77. The van der Waals surface area contributed by atoms with Crippen LogP contribution in [0, 0.1) is 5.92 Å². The van der Waals surface area contributed by atoms with Crippen LogP contribution in [-0.2, 0) is 14.3 Å². The van der Waals surface area contributed by atoms with E-state index in [0.29, 0.717) is 19.4 Å². The van der Waals surface area contributed by atoms with E-state index in [0.717, 1.165) is 35.1 Å². The molecule has 7 heteroatoms.